The summed E-state index contributed by atoms with van der Waals surface area (Å²) < 4.78 is 5.73. The molecule has 1 saturated heterocycles. The van der Waals surface area contributed by atoms with Gasteiger partial charge in [0.15, 0.2) is 0 Å². The van der Waals surface area contributed by atoms with Crippen LogP contribution in [0.5, 0.6) is 0 Å². The van der Waals surface area contributed by atoms with Crippen molar-refractivity contribution in [1.29, 1.82) is 0 Å². The maximum Gasteiger partial charge on any atom is 0.227 e. The van der Waals surface area contributed by atoms with Gasteiger partial charge in [0.1, 0.15) is 5.58 Å². The fraction of sp³-hybridized carbons (Fsp3) is 0.571. The number of benzene rings is 1. The summed E-state index contributed by atoms with van der Waals surface area (Å²) in [6.07, 6.45) is 4.46. The normalized spacial score (nSPS) is 26.0. The van der Waals surface area contributed by atoms with E-state index in [4.69, 9.17) is 10.2 Å². The van der Waals surface area contributed by atoms with Crippen molar-refractivity contribution >= 4 is 16.9 Å². The molecule has 0 spiro atoms. The minimum atomic E-state index is 0.205. The molecule has 2 heterocycles. The molecular formula is C21H28N2O2. The van der Waals surface area contributed by atoms with Crippen molar-refractivity contribution < 1.29 is 9.21 Å². The lowest BCUT2D eigenvalue weighted by atomic mass is 9.95. The highest BCUT2D eigenvalue weighted by Gasteiger charge is 2.42. The van der Waals surface area contributed by atoms with Crippen molar-refractivity contribution in [3.63, 3.8) is 0 Å². The van der Waals surface area contributed by atoms with Crippen LogP contribution in [0.15, 0.2) is 22.8 Å². The second-order valence-electron chi connectivity index (χ2n) is 8.26. The Morgan fingerprint density at radius 2 is 2.12 bits per heavy atom. The van der Waals surface area contributed by atoms with Crippen LogP contribution in [0.2, 0.25) is 0 Å². The lowest BCUT2D eigenvalue weighted by Gasteiger charge is -2.18. The maximum atomic E-state index is 12.8. The first-order valence-corrected chi connectivity index (χ1v) is 9.48. The molecule has 0 bridgehead atoms. The summed E-state index contributed by atoms with van der Waals surface area (Å²) in [7, 11) is 0. The Labute approximate surface area is 149 Å². The van der Waals surface area contributed by atoms with Crippen molar-refractivity contribution in [2.75, 3.05) is 13.1 Å². The number of aryl methyl sites for hydroxylation is 1. The number of hydrogen-bond donors (Lipinski definition) is 1. The van der Waals surface area contributed by atoms with Crippen molar-refractivity contribution in [2.45, 2.75) is 52.0 Å². The molecule has 0 radical (unpaired) electrons. The lowest BCUT2D eigenvalue weighted by molar-refractivity contribution is -0.129. The second-order valence-corrected chi connectivity index (χ2v) is 8.26. The highest BCUT2D eigenvalue weighted by Crippen LogP contribution is 2.37. The third-order valence-corrected chi connectivity index (χ3v) is 6.27. The summed E-state index contributed by atoms with van der Waals surface area (Å²) in [5, 5.41) is 1.08. The highest BCUT2D eigenvalue weighted by atomic mass is 16.3. The number of likely N-dealkylation sites (tertiary alicyclic amines) is 1. The molecule has 25 heavy (non-hydrogen) atoms. The third-order valence-electron chi connectivity index (χ3n) is 6.27. The van der Waals surface area contributed by atoms with E-state index in [-0.39, 0.29) is 11.9 Å². The predicted molar refractivity (Wildman–Crippen MR) is 99.5 cm³/mol. The number of nitrogens with zero attached hydrogens (tertiary/aromatic N) is 1. The lowest BCUT2D eigenvalue weighted by Crippen LogP contribution is -2.34. The summed E-state index contributed by atoms with van der Waals surface area (Å²) in [4.78, 5) is 14.8. The zero-order valence-electron chi connectivity index (χ0n) is 15.4. The summed E-state index contributed by atoms with van der Waals surface area (Å²) >= 11 is 0. The largest absolute Gasteiger partial charge is 0.464 e. The predicted octanol–water partition coefficient (Wildman–Crippen LogP) is 3.60. The first-order chi connectivity index (χ1) is 11.9. The number of rotatable bonds is 3. The Hall–Kier alpha value is -1.81. The quantitative estimate of drug-likeness (QED) is 0.928. The van der Waals surface area contributed by atoms with Gasteiger partial charge in [0, 0.05) is 30.1 Å². The molecule has 1 saturated carbocycles. The fourth-order valence-corrected chi connectivity index (χ4v) is 4.79. The van der Waals surface area contributed by atoms with Crippen LogP contribution in [-0.2, 0) is 11.2 Å². The molecule has 1 aliphatic heterocycles. The monoisotopic (exact) mass is 340 g/mol. The Morgan fingerprint density at radius 1 is 1.32 bits per heavy atom. The van der Waals surface area contributed by atoms with E-state index in [1.807, 2.05) is 4.90 Å². The van der Waals surface area contributed by atoms with Gasteiger partial charge in [-0.05, 0) is 60.8 Å². The average Bonchev–Trinajstić information content (AvgIpc) is 3.23. The molecule has 3 atom stereocenters. The Morgan fingerprint density at radius 3 is 2.84 bits per heavy atom. The van der Waals surface area contributed by atoms with Crippen LogP contribution in [-0.4, -0.2) is 29.9 Å². The molecule has 2 aromatic rings. The van der Waals surface area contributed by atoms with E-state index >= 15 is 0 Å². The van der Waals surface area contributed by atoms with Gasteiger partial charge in [-0.3, -0.25) is 4.79 Å². The molecule has 2 fully saturated rings. The van der Waals surface area contributed by atoms with E-state index in [1.165, 1.54) is 17.5 Å². The van der Waals surface area contributed by atoms with Gasteiger partial charge in [-0.25, -0.2) is 0 Å². The van der Waals surface area contributed by atoms with E-state index in [9.17, 15) is 4.79 Å². The summed E-state index contributed by atoms with van der Waals surface area (Å²) in [6.45, 7) is 8.23. The molecule has 2 aliphatic rings. The number of amides is 1. The molecule has 3 unspecified atom stereocenters. The number of fused-ring (bicyclic) bond motifs is 2. The van der Waals surface area contributed by atoms with Crippen LogP contribution in [0.3, 0.4) is 0 Å². The molecule has 1 aromatic carbocycles. The fourth-order valence-electron chi connectivity index (χ4n) is 4.79. The minimum absolute atomic E-state index is 0.205. The first-order valence-electron chi connectivity index (χ1n) is 9.48. The van der Waals surface area contributed by atoms with Gasteiger partial charge in [-0.15, -0.1) is 0 Å². The summed E-state index contributed by atoms with van der Waals surface area (Å²) in [5.74, 6) is 1.77. The van der Waals surface area contributed by atoms with E-state index in [2.05, 4.69) is 32.9 Å². The standard InChI is InChI=1S/C21H28N2O2/c1-12(2)16-8-17-15(11-25-20(17)6-13(16)3)7-21(24)23-9-14-4-5-19(22)18(14)10-23/h6,8,11-12,14,18-19H,4-5,7,9-10,22H2,1-3H3. The average molecular weight is 340 g/mol. The van der Waals surface area contributed by atoms with Crippen LogP contribution in [0.4, 0.5) is 0 Å². The molecule has 4 nitrogen and oxygen atoms in total. The van der Waals surface area contributed by atoms with Gasteiger partial charge in [-0.2, -0.15) is 0 Å². The number of carbonyl (C=O) groups is 1. The maximum absolute atomic E-state index is 12.8. The van der Waals surface area contributed by atoms with Gasteiger partial charge in [0.05, 0.1) is 12.7 Å². The van der Waals surface area contributed by atoms with Crippen LogP contribution < -0.4 is 5.73 Å². The van der Waals surface area contributed by atoms with E-state index in [0.717, 1.165) is 36.0 Å². The number of hydrogen-bond acceptors (Lipinski definition) is 3. The molecule has 1 aliphatic carbocycles. The summed E-state index contributed by atoms with van der Waals surface area (Å²) in [6, 6.07) is 4.57. The number of carbonyl (C=O) groups excluding carboxylic acids is 1. The van der Waals surface area contributed by atoms with Crippen molar-refractivity contribution in [2.24, 2.45) is 17.6 Å². The van der Waals surface area contributed by atoms with Crippen molar-refractivity contribution in [3.8, 4) is 0 Å². The zero-order valence-corrected chi connectivity index (χ0v) is 15.4. The Balaban J connectivity index is 1.55. The van der Waals surface area contributed by atoms with Gasteiger partial charge < -0.3 is 15.1 Å². The topological polar surface area (TPSA) is 59.5 Å². The molecule has 4 rings (SSSR count). The number of nitrogens with two attached hydrogens (primary N) is 1. The van der Waals surface area contributed by atoms with Crippen LogP contribution in [0, 0.1) is 18.8 Å². The molecule has 1 aromatic heterocycles. The summed E-state index contributed by atoms with van der Waals surface area (Å²) in [5.41, 5.74) is 10.7. The highest BCUT2D eigenvalue weighted by molar-refractivity contribution is 5.88. The van der Waals surface area contributed by atoms with Crippen molar-refractivity contribution in [3.05, 3.63) is 35.1 Å². The zero-order chi connectivity index (χ0) is 17.7. The molecule has 1 amide bonds. The van der Waals surface area contributed by atoms with Gasteiger partial charge in [0.2, 0.25) is 5.91 Å². The van der Waals surface area contributed by atoms with E-state index in [1.54, 1.807) is 6.26 Å². The first kappa shape index (κ1) is 16.6. The van der Waals surface area contributed by atoms with Gasteiger partial charge >= 0.3 is 0 Å². The van der Waals surface area contributed by atoms with Crippen LogP contribution >= 0.6 is 0 Å². The van der Waals surface area contributed by atoms with E-state index < -0.39 is 0 Å². The molecular weight excluding hydrogens is 312 g/mol. The molecule has 134 valence electrons. The molecule has 2 N–H and O–H groups in total. The third kappa shape index (κ3) is 2.86. The Kier molecular flexibility index (Phi) is 4.11. The van der Waals surface area contributed by atoms with Crippen molar-refractivity contribution in [1.82, 2.24) is 4.90 Å². The second kappa shape index (κ2) is 6.17. The molecule has 4 heteroatoms. The van der Waals surface area contributed by atoms with Crippen LogP contribution in [0.1, 0.15) is 49.3 Å². The SMILES string of the molecule is Cc1cc2occ(CC(=O)N3CC4CCC(N)C4C3)c2cc1C(C)C. The van der Waals surface area contributed by atoms with Gasteiger partial charge in [0.25, 0.3) is 0 Å². The smallest absolute Gasteiger partial charge is 0.227 e. The Bertz CT molecular complexity index is 808. The van der Waals surface area contributed by atoms with Crippen LogP contribution in [0.25, 0.3) is 11.0 Å². The number of furan rings is 1. The van der Waals surface area contributed by atoms with Gasteiger partial charge in [-0.1, -0.05) is 13.8 Å². The van der Waals surface area contributed by atoms with E-state index in [0.29, 0.717) is 24.2 Å². The minimum Gasteiger partial charge on any atom is -0.464 e.